The first-order chi connectivity index (χ1) is 11.4. The van der Waals surface area contributed by atoms with Gasteiger partial charge in [-0.05, 0) is 44.7 Å². The summed E-state index contributed by atoms with van der Waals surface area (Å²) in [7, 11) is 1.34. The van der Waals surface area contributed by atoms with E-state index in [1.165, 1.54) is 7.11 Å². The van der Waals surface area contributed by atoms with E-state index in [9.17, 15) is 4.79 Å². The highest BCUT2D eigenvalue weighted by Crippen LogP contribution is 2.19. The molecule has 0 bridgehead atoms. The Kier molecular flexibility index (Phi) is 11.7. The number of nitrogens with zero attached hydrogens (tertiary/aromatic N) is 1. The van der Waals surface area contributed by atoms with Crippen molar-refractivity contribution in [1.82, 2.24) is 10.6 Å². The van der Waals surface area contributed by atoms with Gasteiger partial charge >= 0.3 is 6.09 Å². The van der Waals surface area contributed by atoms with Crippen LogP contribution in [-0.2, 0) is 11.3 Å². The molecule has 25 heavy (non-hydrogen) atoms. The van der Waals surface area contributed by atoms with Crippen LogP contribution in [0.2, 0.25) is 0 Å². The van der Waals surface area contributed by atoms with Gasteiger partial charge in [-0.3, -0.25) is 5.32 Å². The van der Waals surface area contributed by atoms with Crippen LogP contribution in [0.5, 0.6) is 0 Å². The van der Waals surface area contributed by atoms with Gasteiger partial charge in [-0.15, -0.1) is 24.0 Å². The van der Waals surface area contributed by atoms with E-state index in [1.54, 1.807) is 0 Å². The standard InChI is InChI=1S/C17H28N4O2S.HI/c1-6-18-15(20-12-17(2,3)24-5)19-11-13-7-9-14(10-8-13)21-16(22)23-4;/h7-10H,6,11-12H2,1-5H3,(H,21,22)(H2,18,19,20);1H. The number of thioether (sulfide) groups is 1. The first kappa shape index (κ1) is 23.8. The molecule has 142 valence electrons. The molecule has 0 saturated carbocycles. The van der Waals surface area contributed by atoms with Crippen LogP contribution in [0.25, 0.3) is 0 Å². The molecule has 0 aliphatic heterocycles. The number of carbonyl (C=O) groups is 1. The average molecular weight is 480 g/mol. The lowest BCUT2D eigenvalue weighted by Crippen LogP contribution is -2.43. The van der Waals surface area contributed by atoms with Gasteiger partial charge in [-0.2, -0.15) is 11.8 Å². The number of benzene rings is 1. The number of rotatable bonds is 7. The number of nitrogens with one attached hydrogen (secondary N) is 3. The van der Waals surface area contributed by atoms with Crippen LogP contribution in [0.1, 0.15) is 26.3 Å². The predicted octanol–water partition coefficient (Wildman–Crippen LogP) is 3.68. The Morgan fingerprint density at radius 1 is 1.24 bits per heavy atom. The van der Waals surface area contributed by atoms with E-state index in [0.29, 0.717) is 12.2 Å². The molecule has 0 fully saturated rings. The second-order valence-corrected chi connectivity index (χ2v) is 7.34. The SMILES string of the molecule is CCNC(=NCc1ccc(NC(=O)OC)cc1)NCC(C)(C)SC.I. The van der Waals surface area contributed by atoms with Crippen LogP contribution >= 0.6 is 35.7 Å². The van der Waals surface area contributed by atoms with E-state index >= 15 is 0 Å². The second kappa shape index (κ2) is 12.2. The Morgan fingerprint density at radius 3 is 2.40 bits per heavy atom. The third-order valence-electron chi connectivity index (χ3n) is 3.38. The molecule has 1 amide bonds. The minimum Gasteiger partial charge on any atom is -0.453 e. The monoisotopic (exact) mass is 480 g/mol. The van der Waals surface area contributed by atoms with Gasteiger partial charge in [0.15, 0.2) is 5.96 Å². The fourth-order valence-corrected chi connectivity index (χ4v) is 1.96. The highest BCUT2D eigenvalue weighted by Gasteiger charge is 2.16. The van der Waals surface area contributed by atoms with Crippen molar-refractivity contribution in [1.29, 1.82) is 0 Å². The number of aliphatic imine (C=N–C) groups is 1. The summed E-state index contributed by atoms with van der Waals surface area (Å²) in [5.41, 5.74) is 1.76. The van der Waals surface area contributed by atoms with Crippen LogP contribution in [0, 0.1) is 0 Å². The molecular weight excluding hydrogens is 451 g/mol. The van der Waals surface area contributed by atoms with Crippen molar-refractivity contribution in [2.45, 2.75) is 32.1 Å². The Hall–Kier alpha value is -1.16. The van der Waals surface area contributed by atoms with E-state index in [4.69, 9.17) is 0 Å². The van der Waals surface area contributed by atoms with Gasteiger partial charge < -0.3 is 15.4 Å². The molecule has 0 aromatic heterocycles. The summed E-state index contributed by atoms with van der Waals surface area (Å²) < 4.78 is 4.71. The molecule has 0 aliphatic rings. The number of halogens is 1. The smallest absolute Gasteiger partial charge is 0.411 e. The topological polar surface area (TPSA) is 74.8 Å². The maximum absolute atomic E-state index is 11.2. The summed E-state index contributed by atoms with van der Waals surface area (Å²) in [6.07, 6.45) is 1.63. The predicted molar refractivity (Wildman–Crippen MR) is 118 cm³/mol. The fraction of sp³-hybridized carbons (Fsp3) is 0.529. The zero-order chi connectivity index (χ0) is 18.0. The molecule has 0 aliphatic carbocycles. The van der Waals surface area contributed by atoms with Crippen molar-refractivity contribution < 1.29 is 9.53 Å². The molecule has 6 nitrogen and oxygen atoms in total. The second-order valence-electron chi connectivity index (χ2n) is 5.83. The Morgan fingerprint density at radius 2 is 1.88 bits per heavy atom. The first-order valence-corrected chi connectivity index (χ1v) is 9.14. The Bertz CT molecular complexity index is 550. The van der Waals surface area contributed by atoms with Crippen molar-refractivity contribution in [3.63, 3.8) is 0 Å². The molecule has 0 saturated heterocycles. The largest absolute Gasteiger partial charge is 0.453 e. The first-order valence-electron chi connectivity index (χ1n) is 7.91. The number of carbonyl (C=O) groups excluding carboxylic acids is 1. The molecule has 8 heteroatoms. The van der Waals surface area contributed by atoms with E-state index < -0.39 is 6.09 Å². The molecule has 1 rings (SSSR count). The van der Waals surface area contributed by atoms with E-state index in [2.05, 4.69) is 45.8 Å². The fourth-order valence-electron chi connectivity index (χ4n) is 1.74. The molecule has 0 unspecified atom stereocenters. The lowest BCUT2D eigenvalue weighted by molar-refractivity contribution is 0.187. The highest BCUT2D eigenvalue weighted by atomic mass is 127. The van der Waals surface area contributed by atoms with Crippen LogP contribution < -0.4 is 16.0 Å². The van der Waals surface area contributed by atoms with Crippen molar-refractivity contribution in [2.75, 3.05) is 31.8 Å². The van der Waals surface area contributed by atoms with Crippen LogP contribution in [0.15, 0.2) is 29.3 Å². The third kappa shape index (κ3) is 9.78. The summed E-state index contributed by atoms with van der Waals surface area (Å²) in [6.45, 7) is 8.65. The zero-order valence-corrected chi connectivity index (χ0v) is 18.7. The molecule has 1 aromatic rings. The molecule has 0 heterocycles. The van der Waals surface area contributed by atoms with E-state index in [0.717, 1.165) is 24.6 Å². The number of anilines is 1. The molecule has 0 atom stereocenters. The number of guanidine groups is 1. The van der Waals surface area contributed by atoms with Gasteiger partial charge in [-0.1, -0.05) is 12.1 Å². The lowest BCUT2D eigenvalue weighted by atomic mass is 10.2. The summed E-state index contributed by atoms with van der Waals surface area (Å²) in [6, 6.07) is 7.53. The van der Waals surface area contributed by atoms with Gasteiger partial charge in [-0.25, -0.2) is 9.79 Å². The molecule has 0 radical (unpaired) electrons. The molecule has 0 spiro atoms. The lowest BCUT2D eigenvalue weighted by Gasteiger charge is -2.23. The number of hydrogen-bond acceptors (Lipinski definition) is 4. The minimum absolute atomic E-state index is 0. The average Bonchev–Trinajstić information content (AvgIpc) is 2.58. The van der Waals surface area contributed by atoms with E-state index in [1.807, 2.05) is 43.0 Å². The van der Waals surface area contributed by atoms with Gasteiger partial charge in [0, 0.05) is 23.5 Å². The maximum Gasteiger partial charge on any atom is 0.411 e. The van der Waals surface area contributed by atoms with E-state index in [-0.39, 0.29) is 28.7 Å². The summed E-state index contributed by atoms with van der Waals surface area (Å²) in [5, 5.41) is 9.25. The van der Waals surface area contributed by atoms with Crippen LogP contribution in [0.3, 0.4) is 0 Å². The highest BCUT2D eigenvalue weighted by molar-refractivity contribution is 14.0. The summed E-state index contributed by atoms with van der Waals surface area (Å²) in [5.74, 6) is 0.802. The summed E-state index contributed by atoms with van der Waals surface area (Å²) in [4.78, 5) is 15.8. The summed E-state index contributed by atoms with van der Waals surface area (Å²) >= 11 is 1.82. The van der Waals surface area contributed by atoms with Crippen LogP contribution in [-0.4, -0.2) is 43.3 Å². The normalized spacial score (nSPS) is 11.3. The van der Waals surface area contributed by atoms with Gasteiger partial charge in [0.05, 0.1) is 13.7 Å². The minimum atomic E-state index is -0.476. The number of amides is 1. The van der Waals surface area contributed by atoms with Crippen molar-refractivity contribution in [2.24, 2.45) is 4.99 Å². The zero-order valence-electron chi connectivity index (χ0n) is 15.5. The van der Waals surface area contributed by atoms with Gasteiger partial charge in [0.1, 0.15) is 0 Å². The number of methoxy groups -OCH3 is 1. The molecule has 3 N–H and O–H groups in total. The van der Waals surface area contributed by atoms with Gasteiger partial charge in [0.25, 0.3) is 0 Å². The van der Waals surface area contributed by atoms with Crippen molar-refractivity contribution in [3.05, 3.63) is 29.8 Å². The Balaban J connectivity index is 0.00000576. The molecule has 1 aromatic carbocycles. The molecular formula is C17H29IN4O2S. The van der Waals surface area contributed by atoms with Crippen molar-refractivity contribution in [3.8, 4) is 0 Å². The number of ether oxygens (including phenoxy) is 1. The Labute approximate surface area is 172 Å². The quantitative estimate of drug-likeness (QED) is 0.316. The number of hydrogen-bond donors (Lipinski definition) is 3. The third-order valence-corrected chi connectivity index (χ3v) is 4.63. The van der Waals surface area contributed by atoms with Crippen molar-refractivity contribution >= 4 is 53.5 Å². The van der Waals surface area contributed by atoms with Gasteiger partial charge in [0.2, 0.25) is 0 Å². The maximum atomic E-state index is 11.2. The van der Waals surface area contributed by atoms with Crippen LogP contribution in [0.4, 0.5) is 10.5 Å².